The molecule has 0 radical (unpaired) electrons. The molecule has 0 bridgehead atoms. The Balaban J connectivity index is 1.66. The fraction of sp³-hybridized carbons (Fsp3) is 0.192. The molecule has 4 aromatic rings. The summed E-state index contributed by atoms with van der Waals surface area (Å²) in [6.07, 6.45) is 2.39. The number of hydrogen-bond donors (Lipinski definition) is 0. The summed E-state index contributed by atoms with van der Waals surface area (Å²) in [6, 6.07) is 14.2. The molecular formula is C26H20Br2Cl3N3O2. The maximum absolute atomic E-state index is 13.3. The van der Waals surface area contributed by atoms with E-state index in [0.717, 1.165) is 16.5 Å². The van der Waals surface area contributed by atoms with Crippen molar-refractivity contribution < 1.29 is 4.74 Å². The zero-order valence-corrected chi connectivity index (χ0v) is 24.7. The molecule has 0 fully saturated rings. The minimum absolute atomic E-state index is 0.0358. The van der Waals surface area contributed by atoms with Crippen molar-refractivity contribution in [1.29, 1.82) is 0 Å². The normalized spacial score (nSPS) is 12.4. The van der Waals surface area contributed by atoms with Crippen LogP contribution in [0.3, 0.4) is 0 Å². The van der Waals surface area contributed by atoms with Crippen LogP contribution in [0.15, 0.2) is 67.4 Å². The molecule has 1 aromatic heterocycles. The van der Waals surface area contributed by atoms with Gasteiger partial charge in [-0.3, -0.25) is 4.79 Å². The fourth-order valence-corrected chi connectivity index (χ4v) is 5.30. The van der Waals surface area contributed by atoms with Crippen LogP contribution in [0.25, 0.3) is 10.9 Å². The van der Waals surface area contributed by atoms with Crippen molar-refractivity contribution in [2.45, 2.75) is 32.8 Å². The summed E-state index contributed by atoms with van der Waals surface area (Å²) in [7, 11) is 0. The third-order valence-corrected chi connectivity index (χ3v) is 7.57. The van der Waals surface area contributed by atoms with E-state index in [2.05, 4.69) is 37.0 Å². The molecule has 5 nitrogen and oxygen atoms in total. The van der Waals surface area contributed by atoms with E-state index in [-0.39, 0.29) is 18.1 Å². The minimum atomic E-state index is -0.238. The van der Waals surface area contributed by atoms with Gasteiger partial charge >= 0.3 is 0 Å². The summed E-state index contributed by atoms with van der Waals surface area (Å²) in [5, 5.41) is 6.43. The molecule has 10 heteroatoms. The zero-order valence-electron chi connectivity index (χ0n) is 19.2. The Bertz CT molecular complexity index is 1520. The molecule has 0 aliphatic heterocycles. The molecule has 0 aliphatic carbocycles. The molecular weight excluding hydrogens is 652 g/mol. The molecule has 4 rings (SSSR count). The highest BCUT2D eigenvalue weighted by Gasteiger charge is 2.16. The molecule has 186 valence electrons. The van der Waals surface area contributed by atoms with Crippen LogP contribution >= 0.6 is 66.7 Å². The average molecular weight is 673 g/mol. The van der Waals surface area contributed by atoms with Crippen molar-refractivity contribution in [2.75, 3.05) is 0 Å². The van der Waals surface area contributed by atoms with Crippen molar-refractivity contribution >= 4 is 83.8 Å². The summed E-state index contributed by atoms with van der Waals surface area (Å²) >= 11 is 25.7. The lowest BCUT2D eigenvalue weighted by molar-refractivity contribution is 0.304. The smallest absolute Gasteiger partial charge is 0.282 e. The van der Waals surface area contributed by atoms with Gasteiger partial charge in [0.25, 0.3) is 5.56 Å². The molecule has 0 saturated carbocycles. The second-order valence-corrected chi connectivity index (χ2v) is 11.2. The van der Waals surface area contributed by atoms with Crippen LogP contribution in [0.2, 0.25) is 15.1 Å². The van der Waals surface area contributed by atoms with Crippen LogP contribution in [0.1, 0.15) is 43.1 Å². The first-order chi connectivity index (χ1) is 17.2. The van der Waals surface area contributed by atoms with Crippen molar-refractivity contribution in [2.24, 2.45) is 5.10 Å². The van der Waals surface area contributed by atoms with E-state index >= 15 is 0 Å². The van der Waals surface area contributed by atoms with Crippen LogP contribution in [-0.4, -0.2) is 15.9 Å². The Kier molecular flexibility index (Phi) is 8.79. The van der Waals surface area contributed by atoms with Gasteiger partial charge in [0.1, 0.15) is 12.4 Å². The summed E-state index contributed by atoms with van der Waals surface area (Å²) in [6.45, 7) is 4.28. The van der Waals surface area contributed by atoms with Gasteiger partial charge in [0.2, 0.25) is 0 Å². The molecule has 36 heavy (non-hydrogen) atoms. The Hall–Kier alpha value is -1.90. The molecule has 1 atom stereocenters. The number of benzene rings is 3. The van der Waals surface area contributed by atoms with Crippen LogP contribution in [-0.2, 0) is 6.61 Å². The monoisotopic (exact) mass is 669 g/mol. The van der Waals surface area contributed by atoms with Crippen LogP contribution in [0.5, 0.6) is 5.75 Å². The predicted molar refractivity (Wildman–Crippen MR) is 155 cm³/mol. The molecule has 1 heterocycles. The predicted octanol–water partition coefficient (Wildman–Crippen LogP) is 8.86. The lowest BCUT2D eigenvalue weighted by Crippen LogP contribution is -2.23. The number of hydrogen-bond acceptors (Lipinski definition) is 4. The highest BCUT2D eigenvalue weighted by Crippen LogP contribution is 2.35. The number of fused-ring (bicyclic) bond motifs is 1. The standard InChI is InChI=1S/C26H20Br2Cl3N3O2/c1-3-14(2)25-33-23-7-5-17(27)10-19(23)26(35)34(25)32-12-15-8-20(28)24(22(31)9-15)36-13-16-4-6-18(29)11-21(16)30/h4-12,14H,3,13H2,1-2H3/t14-/m0/s1. The fourth-order valence-electron chi connectivity index (χ4n) is 3.48. The van der Waals surface area contributed by atoms with Crippen LogP contribution in [0, 0.1) is 0 Å². The Morgan fingerprint density at radius 3 is 2.56 bits per heavy atom. The summed E-state index contributed by atoms with van der Waals surface area (Å²) in [5.41, 5.74) is 1.86. The first-order valence-electron chi connectivity index (χ1n) is 11.0. The first kappa shape index (κ1) is 27.1. The Morgan fingerprint density at radius 2 is 1.86 bits per heavy atom. The number of aromatic nitrogens is 2. The lowest BCUT2D eigenvalue weighted by Gasteiger charge is -2.14. The van der Waals surface area contributed by atoms with Gasteiger partial charge in [-0.15, -0.1) is 0 Å². The first-order valence-corrected chi connectivity index (χ1v) is 13.7. The van der Waals surface area contributed by atoms with Crippen molar-refractivity contribution in [3.63, 3.8) is 0 Å². The van der Waals surface area contributed by atoms with E-state index < -0.39 is 0 Å². The van der Waals surface area contributed by atoms with E-state index in [1.54, 1.807) is 36.5 Å². The SMILES string of the molecule is CC[C@H](C)c1nc2ccc(Br)cc2c(=O)n1N=Cc1cc(Cl)c(OCc2ccc(Cl)cc2Cl)c(Br)c1. The second-order valence-electron chi connectivity index (χ2n) is 8.14. The number of ether oxygens (including phenoxy) is 1. The molecule has 0 spiro atoms. The van der Waals surface area contributed by atoms with Gasteiger partial charge in [0, 0.05) is 26.0 Å². The summed E-state index contributed by atoms with van der Waals surface area (Å²) < 4.78 is 8.71. The van der Waals surface area contributed by atoms with E-state index in [1.807, 2.05) is 32.0 Å². The Labute approximate surface area is 240 Å². The van der Waals surface area contributed by atoms with Gasteiger partial charge in [-0.2, -0.15) is 9.78 Å². The second kappa shape index (κ2) is 11.7. The largest absolute Gasteiger partial charge is 0.486 e. The van der Waals surface area contributed by atoms with Gasteiger partial charge in [-0.25, -0.2) is 4.98 Å². The highest BCUT2D eigenvalue weighted by molar-refractivity contribution is 9.10. The topological polar surface area (TPSA) is 56.5 Å². The average Bonchev–Trinajstić information content (AvgIpc) is 2.83. The quantitative estimate of drug-likeness (QED) is 0.185. The molecule has 0 saturated heterocycles. The van der Waals surface area contributed by atoms with Crippen LogP contribution in [0.4, 0.5) is 0 Å². The van der Waals surface area contributed by atoms with Gasteiger partial charge < -0.3 is 4.74 Å². The maximum Gasteiger partial charge on any atom is 0.282 e. The summed E-state index contributed by atoms with van der Waals surface area (Å²) in [5.74, 6) is 1.10. The third-order valence-electron chi connectivity index (χ3n) is 5.62. The van der Waals surface area contributed by atoms with E-state index in [4.69, 9.17) is 44.5 Å². The van der Waals surface area contributed by atoms with E-state index in [0.29, 0.717) is 47.6 Å². The lowest BCUT2D eigenvalue weighted by atomic mass is 10.1. The zero-order chi connectivity index (χ0) is 26.0. The highest BCUT2D eigenvalue weighted by atomic mass is 79.9. The van der Waals surface area contributed by atoms with Crippen LogP contribution < -0.4 is 10.3 Å². The van der Waals surface area contributed by atoms with Crippen molar-refractivity contribution in [3.8, 4) is 5.75 Å². The number of nitrogens with zero attached hydrogens (tertiary/aromatic N) is 3. The molecule has 3 aromatic carbocycles. The van der Waals surface area contributed by atoms with E-state index in [1.165, 1.54) is 4.68 Å². The van der Waals surface area contributed by atoms with Gasteiger partial charge in [0.15, 0.2) is 5.75 Å². The number of halogens is 5. The maximum atomic E-state index is 13.3. The molecule has 0 aliphatic rings. The van der Waals surface area contributed by atoms with Gasteiger partial charge in [-0.1, -0.05) is 70.6 Å². The molecule has 0 unspecified atom stereocenters. The van der Waals surface area contributed by atoms with Gasteiger partial charge in [0.05, 0.1) is 26.6 Å². The van der Waals surface area contributed by atoms with E-state index in [9.17, 15) is 4.79 Å². The molecule has 0 amide bonds. The summed E-state index contributed by atoms with van der Waals surface area (Å²) in [4.78, 5) is 18.0. The van der Waals surface area contributed by atoms with Crippen molar-refractivity contribution in [1.82, 2.24) is 9.66 Å². The molecule has 0 N–H and O–H groups in total. The third kappa shape index (κ3) is 5.97. The van der Waals surface area contributed by atoms with Gasteiger partial charge in [-0.05, 0) is 70.4 Å². The Morgan fingerprint density at radius 1 is 1.08 bits per heavy atom. The minimum Gasteiger partial charge on any atom is -0.486 e. The number of rotatable bonds is 7. The van der Waals surface area contributed by atoms with Crippen molar-refractivity contribution in [3.05, 3.63) is 99.8 Å².